The number of anilines is 1. The fourth-order valence-corrected chi connectivity index (χ4v) is 2.34. The molecule has 0 unspecified atom stereocenters. The predicted molar refractivity (Wildman–Crippen MR) is 101 cm³/mol. The molecule has 2 aromatic rings. The van der Waals surface area contributed by atoms with Crippen LogP contribution < -0.4 is 14.8 Å². The SMILES string of the molecule is CCOCCOc1ccc(OCC(=O)Nc2ccc([N+](=O)[O-])c(C(F)(F)F)c2)cc1. The molecule has 30 heavy (non-hydrogen) atoms. The zero-order chi connectivity index (χ0) is 22.1. The number of hydrogen-bond acceptors (Lipinski definition) is 6. The molecule has 0 saturated carbocycles. The van der Waals surface area contributed by atoms with Crippen molar-refractivity contribution in [3.63, 3.8) is 0 Å². The third-order valence-corrected chi connectivity index (χ3v) is 3.68. The number of rotatable bonds is 10. The van der Waals surface area contributed by atoms with Gasteiger partial charge in [0.1, 0.15) is 23.7 Å². The zero-order valence-electron chi connectivity index (χ0n) is 15.9. The monoisotopic (exact) mass is 428 g/mol. The first-order valence-corrected chi connectivity index (χ1v) is 8.79. The Kier molecular flexibility index (Phi) is 7.98. The molecule has 0 heterocycles. The maximum atomic E-state index is 13.0. The lowest BCUT2D eigenvalue weighted by Gasteiger charge is -2.11. The van der Waals surface area contributed by atoms with Gasteiger partial charge in [-0.25, -0.2) is 0 Å². The summed E-state index contributed by atoms with van der Waals surface area (Å²) in [6, 6.07) is 8.59. The van der Waals surface area contributed by atoms with Crippen molar-refractivity contribution in [1.29, 1.82) is 0 Å². The van der Waals surface area contributed by atoms with Gasteiger partial charge in [0.05, 0.1) is 11.5 Å². The summed E-state index contributed by atoms with van der Waals surface area (Å²) in [5.41, 5.74) is -2.79. The van der Waals surface area contributed by atoms with Crippen LogP contribution in [0.5, 0.6) is 11.5 Å². The molecule has 0 aliphatic carbocycles. The molecule has 0 bridgehead atoms. The van der Waals surface area contributed by atoms with Crippen LogP contribution in [0.25, 0.3) is 0 Å². The first-order valence-electron chi connectivity index (χ1n) is 8.79. The average molecular weight is 428 g/mol. The standard InChI is InChI=1S/C19H19F3N2O6/c1-2-28-9-10-29-14-4-6-15(7-5-14)30-12-18(25)23-13-3-8-17(24(26)27)16(11-13)19(20,21)22/h3-8,11H,2,9-10,12H2,1H3,(H,23,25). The van der Waals surface area contributed by atoms with Crippen molar-refractivity contribution in [2.24, 2.45) is 0 Å². The zero-order valence-corrected chi connectivity index (χ0v) is 15.9. The highest BCUT2D eigenvalue weighted by atomic mass is 19.4. The highest BCUT2D eigenvalue weighted by Gasteiger charge is 2.38. The lowest BCUT2D eigenvalue weighted by molar-refractivity contribution is -0.388. The molecule has 162 valence electrons. The predicted octanol–water partition coefficient (Wildman–Crippen LogP) is 4.05. The summed E-state index contributed by atoms with van der Waals surface area (Å²) in [4.78, 5) is 21.6. The minimum absolute atomic E-state index is 0.237. The van der Waals surface area contributed by atoms with E-state index in [1.807, 2.05) is 6.92 Å². The Balaban J connectivity index is 1.91. The van der Waals surface area contributed by atoms with Crippen LogP contribution in [-0.2, 0) is 15.7 Å². The molecule has 0 spiro atoms. The molecule has 0 saturated heterocycles. The van der Waals surface area contributed by atoms with E-state index < -0.39 is 34.9 Å². The lowest BCUT2D eigenvalue weighted by Crippen LogP contribution is -2.20. The van der Waals surface area contributed by atoms with Crippen molar-refractivity contribution < 1.29 is 37.1 Å². The Bertz CT molecular complexity index is 872. The quantitative estimate of drug-likeness (QED) is 0.348. The van der Waals surface area contributed by atoms with E-state index in [0.717, 1.165) is 6.07 Å². The van der Waals surface area contributed by atoms with Crippen molar-refractivity contribution in [2.45, 2.75) is 13.1 Å². The molecule has 1 N–H and O–H groups in total. The summed E-state index contributed by atoms with van der Waals surface area (Å²) in [5, 5.41) is 13.0. The Morgan fingerprint density at radius 1 is 1.07 bits per heavy atom. The Morgan fingerprint density at radius 3 is 2.27 bits per heavy atom. The number of amides is 1. The average Bonchev–Trinajstić information content (AvgIpc) is 2.69. The molecule has 0 aliphatic heterocycles. The molecule has 0 aliphatic rings. The highest BCUT2D eigenvalue weighted by Crippen LogP contribution is 2.37. The molecule has 0 fully saturated rings. The summed E-state index contributed by atoms with van der Waals surface area (Å²) in [7, 11) is 0. The molecule has 0 atom stereocenters. The Labute approximate surface area is 169 Å². The van der Waals surface area contributed by atoms with E-state index >= 15 is 0 Å². The molecular formula is C19H19F3N2O6. The minimum Gasteiger partial charge on any atom is -0.491 e. The van der Waals surface area contributed by atoms with Crippen molar-refractivity contribution >= 4 is 17.3 Å². The summed E-state index contributed by atoms with van der Waals surface area (Å²) < 4.78 is 54.8. The van der Waals surface area contributed by atoms with Crippen LogP contribution in [0.2, 0.25) is 0 Å². The number of carbonyl (C=O) groups excluding carboxylic acids is 1. The van der Waals surface area contributed by atoms with E-state index in [0.29, 0.717) is 43.5 Å². The van der Waals surface area contributed by atoms with Gasteiger partial charge in [-0.1, -0.05) is 0 Å². The van der Waals surface area contributed by atoms with Gasteiger partial charge in [0, 0.05) is 18.4 Å². The van der Waals surface area contributed by atoms with Gasteiger partial charge < -0.3 is 19.5 Å². The number of carbonyl (C=O) groups is 1. The fourth-order valence-electron chi connectivity index (χ4n) is 2.34. The van der Waals surface area contributed by atoms with Gasteiger partial charge in [-0.3, -0.25) is 14.9 Å². The van der Waals surface area contributed by atoms with E-state index in [-0.39, 0.29) is 5.69 Å². The van der Waals surface area contributed by atoms with E-state index in [9.17, 15) is 28.1 Å². The first kappa shape index (κ1) is 22.9. The van der Waals surface area contributed by atoms with Crippen molar-refractivity contribution in [2.75, 3.05) is 31.7 Å². The number of ether oxygens (including phenoxy) is 3. The van der Waals surface area contributed by atoms with E-state index in [1.165, 1.54) is 0 Å². The van der Waals surface area contributed by atoms with Crippen LogP contribution in [0.3, 0.4) is 0 Å². The van der Waals surface area contributed by atoms with Gasteiger partial charge >= 0.3 is 6.18 Å². The topological polar surface area (TPSA) is 99.9 Å². The van der Waals surface area contributed by atoms with Crippen LogP contribution >= 0.6 is 0 Å². The van der Waals surface area contributed by atoms with Crippen molar-refractivity contribution in [3.05, 3.63) is 58.1 Å². The molecule has 0 radical (unpaired) electrons. The number of nitro groups is 1. The van der Waals surface area contributed by atoms with E-state index in [4.69, 9.17) is 14.2 Å². The first-order chi connectivity index (χ1) is 14.2. The Hall–Kier alpha value is -3.34. The van der Waals surface area contributed by atoms with E-state index in [1.54, 1.807) is 24.3 Å². The minimum atomic E-state index is -4.94. The Morgan fingerprint density at radius 2 is 1.70 bits per heavy atom. The van der Waals surface area contributed by atoms with Crippen molar-refractivity contribution in [3.8, 4) is 11.5 Å². The number of alkyl halides is 3. The highest BCUT2D eigenvalue weighted by molar-refractivity contribution is 5.92. The lowest BCUT2D eigenvalue weighted by atomic mass is 10.1. The number of benzene rings is 2. The van der Waals surface area contributed by atoms with Crippen LogP contribution in [0.4, 0.5) is 24.5 Å². The number of nitrogens with zero attached hydrogens (tertiary/aromatic N) is 1. The number of nitrogens with one attached hydrogen (secondary N) is 1. The third-order valence-electron chi connectivity index (χ3n) is 3.68. The number of nitro benzene ring substituents is 1. The van der Waals surface area contributed by atoms with Gasteiger partial charge in [-0.2, -0.15) is 13.2 Å². The summed E-state index contributed by atoms with van der Waals surface area (Å²) >= 11 is 0. The largest absolute Gasteiger partial charge is 0.491 e. The van der Waals surface area contributed by atoms with Crippen LogP contribution in [0.15, 0.2) is 42.5 Å². The maximum Gasteiger partial charge on any atom is 0.423 e. The summed E-state index contributed by atoms with van der Waals surface area (Å²) in [6.07, 6.45) is -4.94. The molecule has 11 heteroatoms. The normalized spacial score (nSPS) is 11.1. The van der Waals surface area contributed by atoms with Gasteiger partial charge in [-0.05, 0) is 43.3 Å². The molecule has 8 nitrogen and oxygen atoms in total. The molecule has 0 aromatic heterocycles. The summed E-state index contributed by atoms with van der Waals surface area (Å²) in [5.74, 6) is 0.202. The second-order valence-electron chi connectivity index (χ2n) is 5.84. The van der Waals surface area contributed by atoms with Gasteiger partial charge in [0.2, 0.25) is 0 Å². The fraction of sp³-hybridized carbons (Fsp3) is 0.316. The molecular weight excluding hydrogens is 409 g/mol. The van der Waals surface area contributed by atoms with Gasteiger partial charge in [-0.15, -0.1) is 0 Å². The van der Waals surface area contributed by atoms with Gasteiger partial charge in [0.25, 0.3) is 11.6 Å². The van der Waals surface area contributed by atoms with Crippen LogP contribution in [0, 0.1) is 10.1 Å². The van der Waals surface area contributed by atoms with Crippen molar-refractivity contribution in [1.82, 2.24) is 0 Å². The van der Waals surface area contributed by atoms with E-state index in [2.05, 4.69) is 5.32 Å². The maximum absolute atomic E-state index is 13.0. The second kappa shape index (κ2) is 10.4. The number of halogens is 3. The van der Waals surface area contributed by atoms with Gasteiger partial charge in [0.15, 0.2) is 6.61 Å². The molecule has 2 aromatic carbocycles. The summed E-state index contributed by atoms with van der Waals surface area (Å²) in [6.45, 7) is 2.83. The van der Waals surface area contributed by atoms with Crippen LogP contribution in [0.1, 0.15) is 12.5 Å². The molecule has 2 rings (SSSR count). The molecule has 1 amide bonds. The number of hydrogen-bond donors (Lipinski definition) is 1. The second-order valence-corrected chi connectivity index (χ2v) is 5.84. The smallest absolute Gasteiger partial charge is 0.423 e. The third kappa shape index (κ3) is 6.92. The van der Waals surface area contributed by atoms with Crippen LogP contribution in [-0.4, -0.2) is 37.3 Å².